The zero-order valence-electron chi connectivity index (χ0n) is 19.4. The van der Waals surface area contributed by atoms with Crippen molar-refractivity contribution in [2.75, 3.05) is 25.2 Å². The van der Waals surface area contributed by atoms with Crippen LogP contribution in [0.3, 0.4) is 0 Å². The molecule has 1 aliphatic heterocycles. The maximum Gasteiger partial charge on any atom is 0.349 e. The number of halogens is 1. The van der Waals surface area contributed by atoms with Crippen LogP contribution < -0.4 is 15.3 Å². The summed E-state index contributed by atoms with van der Waals surface area (Å²) in [5, 5.41) is 11.3. The van der Waals surface area contributed by atoms with Crippen molar-refractivity contribution in [3.05, 3.63) is 52.1 Å². The Labute approximate surface area is 199 Å². The van der Waals surface area contributed by atoms with Crippen LogP contribution in [-0.4, -0.2) is 47.5 Å². The Morgan fingerprint density at radius 3 is 2.89 bits per heavy atom. The van der Waals surface area contributed by atoms with Crippen molar-refractivity contribution in [2.24, 2.45) is 0 Å². The van der Waals surface area contributed by atoms with Crippen molar-refractivity contribution in [1.29, 1.82) is 0 Å². The zero-order valence-corrected chi connectivity index (χ0v) is 19.4. The lowest BCUT2D eigenvalue weighted by molar-refractivity contribution is 0.0254. The first-order valence-corrected chi connectivity index (χ1v) is 11.7. The van der Waals surface area contributed by atoms with Crippen LogP contribution in [0.1, 0.15) is 24.8 Å². The van der Waals surface area contributed by atoms with Gasteiger partial charge in [0.15, 0.2) is 5.82 Å². The van der Waals surface area contributed by atoms with Crippen LogP contribution >= 0.6 is 0 Å². The Kier molecular flexibility index (Phi) is 5.10. The maximum atomic E-state index is 14.9. The van der Waals surface area contributed by atoms with Gasteiger partial charge in [0, 0.05) is 23.1 Å². The third kappa shape index (κ3) is 3.41. The number of methoxy groups -OCH3 is 1. The van der Waals surface area contributed by atoms with Gasteiger partial charge in [-0.15, -0.1) is 0 Å². The van der Waals surface area contributed by atoms with Gasteiger partial charge in [-0.05, 0) is 49.8 Å². The standard InChI is InChI=1S/C26H24FN3O5/c1-13-22-21(24(29-26(28-22)33-2)30-9-10-34-19-8-4-7-18(19)30)25(32)35-23(13)16-12-15(31)11-14-5-3-6-17(27)20(14)16/h3,5-6,11-12,18-19,31H,4,7-10H2,1-2H3. The van der Waals surface area contributed by atoms with Crippen LogP contribution in [0, 0.1) is 12.7 Å². The summed E-state index contributed by atoms with van der Waals surface area (Å²) in [7, 11) is 1.47. The fraction of sp³-hybridized carbons (Fsp3) is 0.346. The Hall–Kier alpha value is -3.72. The van der Waals surface area contributed by atoms with Gasteiger partial charge in [0.1, 0.15) is 22.7 Å². The van der Waals surface area contributed by atoms with Crippen molar-refractivity contribution in [1.82, 2.24) is 9.97 Å². The second kappa shape index (κ2) is 8.20. The van der Waals surface area contributed by atoms with E-state index in [0.717, 1.165) is 19.3 Å². The van der Waals surface area contributed by atoms with E-state index in [9.17, 15) is 14.3 Å². The fourth-order valence-corrected chi connectivity index (χ4v) is 5.51. The number of hydrogen-bond donors (Lipinski definition) is 1. The number of ether oxygens (including phenoxy) is 2. The first-order chi connectivity index (χ1) is 17.0. The van der Waals surface area contributed by atoms with Crippen molar-refractivity contribution in [2.45, 2.75) is 38.3 Å². The van der Waals surface area contributed by atoms with E-state index in [-0.39, 0.29) is 46.0 Å². The number of phenols is 1. The molecule has 9 heteroatoms. The number of aromatic nitrogens is 2. The number of nitrogens with zero attached hydrogens (tertiary/aromatic N) is 3. The van der Waals surface area contributed by atoms with Gasteiger partial charge in [-0.2, -0.15) is 9.97 Å². The van der Waals surface area contributed by atoms with Gasteiger partial charge in [0.25, 0.3) is 0 Å². The summed E-state index contributed by atoms with van der Waals surface area (Å²) >= 11 is 0. The van der Waals surface area contributed by atoms with E-state index in [1.807, 2.05) is 0 Å². The summed E-state index contributed by atoms with van der Waals surface area (Å²) in [4.78, 5) is 24.7. The van der Waals surface area contributed by atoms with E-state index in [1.165, 1.54) is 25.3 Å². The number of aryl methyl sites for hydroxylation is 1. The summed E-state index contributed by atoms with van der Waals surface area (Å²) < 4.78 is 32.1. The van der Waals surface area contributed by atoms with Gasteiger partial charge in [-0.1, -0.05) is 12.1 Å². The molecule has 2 unspecified atom stereocenters. The van der Waals surface area contributed by atoms with E-state index in [2.05, 4.69) is 14.9 Å². The molecule has 2 aliphatic rings. The van der Waals surface area contributed by atoms with Crippen molar-refractivity contribution >= 4 is 27.5 Å². The molecule has 8 nitrogen and oxygen atoms in total. The Morgan fingerprint density at radius 2 is 2.06 bits per heavy atom. The largest absolute Gasteiger partial charge is 0.508 e. The minimum absolute atomic E-state index is 0.0678. The van der Waals surface area contributed by atoms with Gasteiger partial charge >= 0.3 is 11.6 Å². The van der Waals surface area contributed by atoms with Gasteiger partial charge in [0.2, 0.25) is 0 Å². The summed E-state index contributed by atoms with van der Waals surface area (Å²) in [5.74, 6) is 0.0475. The number of fused-ring (bicyclic) bond motifs is 3. The monoisotopic (exact) mass is 477 g/mol. The first-order valence-electron chi connectivity index (χ1n) is 11.7. The highest BCUT2D eigenvalue weighted by Gasteiger charge is 2.38. The van der Waals surface area contributed by atoms with Crippen LogP contribution in [0.5, 0.6) is 11.8 Å². The lowest BCUT2D eigenvalue weighted by atomic mass is 9.98. The number of hydrogen-bond acceptors (Lipinski definition) is 8. The minimum atomic E-state index is -0.632. The third-order valence-corrected chi connectivity index (χ3v) is 7.06. The number of phenolic OH excluding ortho intramolecular Hbond substituents is 1. The Balaban J connectivity index is 1.63. The molecule has 0 radical (unpaired) electrons. The van der Waals surface area contributed by atoms with Gasteiger partial charge in [-0.3, -0.25) is 0 Å². The van der Waals surface area contributed by atoms with Gasteiger partial charge in [-0.25, -0.2) is 9.18 Å². The first kappa shape index (κ1) is 21.8. The molecule has 2 aromatic carbocycles. The summed E-state index contributed by atoms with van der Waals surface area (Å²) in [6, 6.07) is 7.68. The van der Waals surface area contributed by atoms with Crippen molar-refractivity contribution in [3.8, 4) is 23.1 Å². The SMILES string of the molecule is COc1nc(N2CCOC3CCCC32)c2c(=O)oc(-c3cc(O)cc4cccc(F)c34)c(C)c2n1. The van der Waals surface area contributed by atoms with E-state index in [1.54, 1.807) is 19.1 Å². The molecule has 0 amide bonds. The third-order valence-electron chi connectivity index (χ3n) is 7.06. The molecule has 180 valence electrons. The van der Waals surface area contributed by atoms with Crippen molar-refractivity contribution in [3.63, 3.8) is 0 Å². The van der Waals surface area contributed by atoms with Crippen LogP contribution in [0.25, 0.3) is 33.0 Å². The Morgan fingerprint density at radius 1 is 1.20 bits per heavy atom. The quantitative estimate of drug-likeness (QED) is 0.466. The number of anilines is 1. The molecule has 1 saturated heterocycles. The Bertz CT molecular complexity index is 1540. The molecule has 2 aromatic heterocycles. The van der Waals surface area contributed by atoms with Crippen LogP contribution in [0.2, 0.25) is 0 Å². The predicted molar refractivity (Wildman–Crippen MR) is 129 cm³/mol. The van der Waals surface area contributed by atoms with E-state index in [4.69, 9.17) is 13.9 Å². The summed E-state index contributed by atoms with van der Waals surface area (Å²) in [6.45, 7) is 2.87. The highest BCUT2D eigenvalue weighted by Crippen LogP contribution is 2.40. The van der Waals surface area contributed by atoms with Crippen LogP contribution in [-0.2, 0) is 4.74 Å². The lowest BCUT2D eigenvalue weighted by Crippen LogP contribution is -2.49. The van der Waals surface area contributed by atoms with E-state index in [0.29, 0.717) is 35.4 Å². The molecular formula is C26H24FN3O5. The van der Waals surface area contributed by atoms with Crippen LogP contribution in [0.4, 0.5) is 10.2 Å². The van der Waals surface area contributed by atoms with Crippen molar-refractivity contribution < 1.29 is 23.4 Å². The zero-order chi connectivity index (χ0) is 24.3. The average molecular weight is 477 g/mol. The number of morpholine rings is 1. The number of rotatable bonds is 3. The molecule has 0 bridgehead atoms. The van der Waals surface area contributed by atoms with E-state index >= 15 is 0 Å². The topological polar surface area (TPSA) is 97.9 Å². The molecule has 3 heterocycles. The molecule has 2 fully saturated rings. The molecule has 1 saturated carbocycles. The summed E-state index contributed by atoms with van der Waals surface area (Å²) in [6.07, 6.45) is 3.04. The molecule has 1 N–H and O–H groups in total. The highest BCUT2D eigenvalue weighted by atomic mass is 19.1. The second-order valence-electron chi connectivity index (χ2n) is 9.03. The van der Waals surface area contributed by atoms with Crippen LogP contribution in [0.15, 0.2) is 39.5 Å². The molecule has 35 heavy (non-hydrogen) atoms. The lowest BCUT2D eigenvalue weighted by Gasteiger charge is -2.38. The smallest absolute Gasteiger partial charge is 0.349 e. The molecular weight excluding hydrogens is 453 g/mol. The predicted octanol–water partition coefficient (Wildman–Crippen LogP) is 4.32. The number of aromatic hydroxyl groups is 1. The van der Waals surface area contributed by atoms with E-state index < -0.39 is 11.4 Å². The fourth-order valence-electron chi connectivity index (χ4n) is 5.51. The average Bonchev–Trinajstić information content (AvgIpc) is 3.34. The molecule has 0 spiro atoms. The van der Waals surface area contributed by atoms with Gasteiger partial charge in [0.05, 0.1) is 31.4 Å². The molecule has 1 aliphatic carbocycles. The molecule has 4 aromatic rings. The molecule has 2 atom stereocenters. The minimum Gasteiger partial charge on any atom is -0.508 e. The maximum absolute atomic E-state index is 14.9. The normalized spacial score (nSPS) is 19.9. The highest BCUT2D eigenvalue weighted by molar-refractivity contribution is 6.00. The summed E-state index contributed by atoms with van der Waals surface area (Å²) in [5.41, 5.74) is 0.531. The number of benzene rings is 2. The molecule has 6 rings (SSSR count). The second-order valence-corrected chi connectivity index (χ2v) is 9.03. The van der Waals surface area contributed by atoms with Gasteiger partial charge < -0.3 is 23.9 Å².